The summed E-state index contributed by atoms with van der Waals surface area (Å²) >= 11 is 0. The lowest BCUT2D eigenvalue weighted by Gasteiger charge is -2.36. The molecule has 3 heteroatoms. The molecule has 0 aromatic heterocycles. The fraction of sp³-hybridized carbons (Fsp3) is 0.950. The van der Waals surface area contributed by atoms with Crippen LogP contribution < -0.4 is 0 Å². The van der Waals surface area contributed by atoms with E-state index in [1.54, 1.807) is 0 Å². The molecule has 0 saturated heterocycles. The molecule has 0 spiro atoms. The van der Waals surface area contributed by atoms with Crippen molar-refractivity contribution in [2.24, 2.45) is 4.99 Å². The summed E-state index contributed by atoms with van der Waals surface area (Å²) in [5.74, 6) is 0. The summed E-state index contributed by atoms with van der Waals surface area (Å²) in [5, 5.41) is 10.7. The molecule has 1 atom stereocenters. The highest BCUT2D eigenvalue weighted by Gasteiger charge is 2.31. The van der Waals surface area contributed by atoms with E-state index >= 15 is 0 Å². The maximum absolute atomic E-state index is 10.7. The van der Waals surface area contributed by atoms with Gasteiger partial charge in [-0.25, -0.2) is 0 Å². The van der Waals surface area contributed by atoms with Crippen molar-refractivity contribution in [1.82, 2.24) is 4.90 Å². The van der Waals surface area contributed by atoms with Crippen molar-refractivity contribution in [2.45, 2.75) is 109 Å². The van der Waals surface area contributed by atoms with Crippen molar-refractivity contribution in [2.75, 3.05) is 13.1 Å². The molecule has 0 radical (unpaired) electrons. The Morgan fingerprint density at radius 2 is 1.39 bits per heavy atom. The average molecular weight is 325 g/mol. The van der Waals surface area contributed by atoms with Gasteiger partial charge < -0.3 is 10.0 Å². The number of hydrogen-bond donors (Lipinski definition) is 1. The molecule has 1 rings (SSSR count). The summed E-state index contributed by atoms with van der Waals surface area (Å²) in [6.45, 7) is 6.07. The molecule has 1 unspecified atom stereocenters. The van der Waals surface area contributed by atoms with Gasteiger partial charge in [-0.3, -0.25) is 4.99 Å². The van der Waals surface area contributed by atoms with E-state index < -0.39 is 5.72 Å². The normalized spacial score (nSPS) is 16.9. The van der Waals surface area contributed by atoms with Crippen LogP contribution in [-0.4, -0.2) is 35.2 Å². The van der Waals surface area contributed by atoms with E-state index in [1.807, 2.05) is 11.2 Å². The lowest BCUT2D eigenvalue weighted by atomic mass is 9.99. The second kappa shape index (κ2) is 12.8. The number of nitrogens with zero attached hydrogens (tertiary/aromatic N) is 2. The highest BCUT2D eigenvalue weighted by molar-refractivity contribution is 5.58. The van der Waals surface area contributed by atoms with E-state index in [-0.39, 0.29) is 0 Å². The third-order valence-corrected chi connectivity index (χ3v) is 5.22. The van der Waals surface area contributed by atoms with Crippen LogP contribution in [0.25, 0.3) is 0 Å². The first-order valence-electron chi connectivity index (χ1n) is 10.2. The second-order valence-electron chi connectivity index (χ2n) is 7.19. The first kappa shape index (κ1) is 20.5. The summed E-state index contributed by atoms with van der Waals surface area (Å²) in [4.78, 5) is 6.26. The van der Waals surface area contributed by atoms with Gasteiger partial charge in [0.05, 0.1) is 12.9 Å². The van der Waals surface area contributed by atoms with Crippen LogP contribution >= 0.6 is 0 Å². The molecule has 0 bridgehead atoms. The van der Waals surface area contributed by atoms with Crippen molar-refractivity contribution in [3.8, 4) is 0 Å². The van der Waals surface area contributed by atoms with Gasteiger partial charge in [0.1, 0.15) is 5.72 Å². The molecule has 1 heterocycles. The molecule has 1 aliphatic rings. The molecule has 0 saturated carbocycles. The molecule has 23 heavy (non-hydrogen) atoms. The fourth-order valence-corrected chi connectivity index (χ4v) is 3.47. The van der Waals surface area contributed by atoms with Gasteiger partial charge in [0.15, 0.2) is 0 Å². The predicted octanol–water partition coefficient (Wildman–Crippen LogP) is 5.52. The SMILES string of the molecule is CCCCCCCCCCCCCCC(O)(CC)N1C=NCC1. The van der Waals surface area contributed by atoms with Crippen LogP contribution in [0.5, 0.6) is 0 Å². The zero-order valence-corrected chi connectivity index (χ0v) is 15.7. The van der Waals surface area contributed by atoms with Crippen molar-refractivity contribution < 1.29 is 5.11 Å². The van der Waals surface area contributed by atoms with Crippen LogP contribution in [0.15, 0.2) is 4.99 Å². The van der Waals surface area contributed by atoms with Crippen LogP contribution in [-0.2, 0) is 0 Å². The first-order valence-corrected chi connectivity index (χ1v) is 10.2. The summed E-state index contributed by atoms with van der Waals surface area (Å²) < 4.78 is 0. The third-order valence-electron chi connectivity index (χ3n) is 5.22. The Balaban J connectivity index is 1.91. The molecule has 0 fully saturated rings. The second-order valence-corrected chi connectivity index (χ2v) is 7.19. The number of aliphatic imine (C=N–C) groups is 1. The molecular weight excluding hydrogens is 284 g/mol. The summed E-state index contributed by atoms with van der Waals surface area (Å²) in [7, 11) is 0. The molecule has 1 N–H and O–H groups in total. The molecule has 0 aromatic carbocycles. The maximum Gasteiger partial charge on any atom is 0.138 e. The summed E-state index contributed by atoms with van der Waals surface area (Å²) in [6.07, 6.45) is 19.9. The maximum atomic E-state index is 10.7. The highest BCUT2D eigenvalue weighted by Crippen LogP contribution is 2.24. The number of rotatable bonds is 15. The Morgan fingerprint density at radius 3 is 1.83 bits per heavy atom. The topological polar surface area (TPSA) is 35.8 Å². The van der Waals surface area contributed by atoms with Crippen LogP contribution in [0.1, 0.15) is 104 Å². The predicted molar refractivity (Wildman–Crippen MR) is 101 cm³/mol. The van der Waals surface area contributed by atoms with Gasteiger partial charge >= 0.3 is 0 Å². The van der Waals surface area contributed by atoms with Crippen LogP contribution in [0.3, 0.4) is 0 Å². The van der Waals surface area contributed by atoms with E-state index in [0.717, 1.165) is 32.4 Å². The molecule has 3 nitrogen and oxygen atoms in total. The van der Waals surface area contributed by atoms with Crippen molar-refractivity contribution in [3.05, 3.63) is 0 Å². The van der Waals surface area contributed by atoms with Crippen LogP contribution in [0, 0.1) is 0 Å². The highest BCUT2D eigenvalue weighted by atomic mass is 16.3. The van der Waals surface area contributed by atoms with Crippen molar-refractivity contribution >= 4 is 6.34 Å². The van der Waals surface area contributed by atoms with E-state index in [2.05, 4.69) is 18.8 Å². The fourth-order valence-electron chi connectivity index (χ4n) is 3.47. The Hall–Kier alpha value is -0.570. The van der Waals surface area contributed by atoms with Crippen LogP contribution in [0.4, 0.5) is 0 Å². The number of hydrogen-bond acceptors (Lipinski definition) is 3. The monoisotopic (exact) mass is 324 g/mol. The Labute approximate surface area is 144 Å². The zero-order chi connectivity index (χ0) is 16.8. The standard InChI is InChI=1S/C20H40N2O/c1-3-5-6-7-8-9-10-11-12-13-14-15-16-20(23,4-2)22-18-17-21-19-22/h19,23H,3-18H2,1-2H3. The summed E-state index contributed by atoms with van der Waals surface area (Å²) in [6, 6.07) is 0. The smallest absolute Gasteiger partial charge is 0.138 e. The van der Waals surface area contributed by atoms with E-state index in [1.165, 1.54) is 70.6 Å². The van der Waals surface area contributed by atoms with Crippen molar-refractivity contribution in [1.29, 1.82) is 0 Å². The number of unbranched alkanes of at least 4 members (excludes halogenated alkanes) is 11. The Morgan fingerprint density at radius 1 is 0.870 bits per heavy atom. The lowest BCUT2D eigenvalue weighted by Crippen LogP contribution is -2.46. The Kier molecular flexibility index (Phi) is 11.4. The minimum Gasteiger partial charge on any atom is -0.371 e. The molecule has 1 aliphatic heterocycles. The van der Waals surface area contributed by atoms with Crippen molar-refractivity contribution in [3.63, 3.8) is 0 Å². The minimum absolute atomic E-state index is 0.654. The van der Waals surface area contributed by atoms with Crippen LogP contribution in [0.2, 0.25) is 0 Å². The molecule has 136 valence electrons. The zero-order valence-electron chi connectivity index (χ0n) is 15.7. The van der Waals surface area contributed by atoms with E-state index in [9.17, 15) is 5.11 Å². The van der Waals surface area contributed by atoms with Gasteiger partial charge in [0.25, 0.3) is 0 Å². The van der Waals surface area contributed by atoms with E-state index in [0.29, 0.717) is 0 Å². The minimum atomic E-state index is -0.654. The molecule has 0 aromatic rings. The molecular formula is C20H40N2O. The van der Waals surface area contributed by atoms with E-state index in [4.69, 9.17) is 0 Å². The van der Waals surface area contributed by atoms with Gasteiger partial charge in [0.2, 0.25) is 0 Å². The largest absolute Gasteiger partial charge is 0.371 e. The third kappa shape index (κ3) is 8.74. The molecule has 0 amide bonds. The van der Waals surface area contributed by atoms with Gasteiger partial charge in [-0.15, -0.1) is 0 Å². The molecule has 0 aliphatic carbocycles. The van der Waals surface area contributed by atoms with Gasteiger partial charge in [-0.1, -0.05) is 84.5 Å². The number of aliphatic hydroxyl groups is 1. The first-order chi connectivity index (χ1) is 11.2. The Bertz CT molecular complexity index is 306. The average Bonchev–Trinajstić information content (AvgIpc) is 3.11. The lowest BCUT2D eigenvalue weighted by molar-refractivity contribution is -0.0738. The van der Waals surface area contributed by atoms with Gasteiger partial charge in [0, 0.05) is 6.54 Å². The summed E-state index contributed by atoms with van der Waals surface area (Å²) in [5.41, 5.74) is -0.654. The quantitative estimate of drug-likeness (QED) is 0.403. The van der Waals surface area contributed by atoms with Gasteiger partial charge in [-0.05, 0) is 19.3 Å². The van der Waals surface area contributed by atoms with Gasteiger partial charge in [-0.2, -0.15) is 0 Å².